The van der Waals surface area contributed by atoms with E-state index in [4.69, 9.17) is 10.6 Å². The van der Waals surface area contributed by atoms with Crippen LogP contribution in [0.2, 0.25) is 0 Å². The Morgan fingerprint density at radius 3 is 2.90 bits per heavy atom. The Bertz CT molecular complexity index is 474. The molecule has 1 unspecified atom stereocenters. The highest BCUT2D eigenvalue weighted by atomic mass is 16.5. The number of rotatable bonds is 8. The Kier molecular flexibility index (Phi) is 5.73. The quantitative estimate of drug-likeness (QED) is 0.433. The van der Waals surface area contributed by atoms with Gasteiger partial charge in [-0.15, -0.1) is 0 Å². The van der Waals surface area contributed by atoms with Gasteiger partial charge in [0.2, 0.25) is 0 Å². The van der Waals surface area contributed by atoms with Gasteiger partial charge in [0.05, 0.1) is 6.61 Å². The summed E-state index contributed by atoms with van der Waals surface area (Å²) < 4.78 is 5.22. The van der Waals surface area contributed by atoms with E-state index in [1.807, 2.05) is 18.2 Å². The van der Waals surface area contributed by atoms with Crippen molar-refractivity contribution in [3.05, 3.63) is 35.4 Å². The molecule has 2 rings (SSSR count). The summed E-state index contributed by atoms with van der Waals surface area (Å²) in [6.07, 6.45) is 2.64. The molecule has 21 heavy (non-hydrogen) atoms. The van der Waals surface area contributed by atoms with Crippen LogP contribution in [0.3, 0.4) is 0 Å². The molecule has 1 saturated carbocycles. The van der Waals surface area contributed by atoms with Crippen molar-refractivity contribution >= 4 is 5.91 Å². The lowest BCUT2D eigenvalue weighted by Crippen LogP contribution is -2.36. The Morgan fingerprint density at radius 2 is 2.29 bits per heavy atom. The molecule has 0 spiro atoms. The van der Waals surface area contributed by atoms with Crippen molar-refractivity contribution in [1.29, 1.82) is 0 Å². The smallest absolute Gasteiger partial charge is 0.265 e. The van der Waals surface area contributed by atoms with Crippen LogP contribution in [0.4, 0.5) is 0 Å². The summed E-state index contributed by atoms with van der Waals surface area (Å²) in [6.45, 7) is 4.73. The normalized spacial score (nSPS) is 16.0. The van der Waals surface area contributed by atoms with E-state index in [2.05, 4.69) is 17.2 Å². The van der Waals surface area contributed by atoms with Crippen LogP contribution in [0.1, 0.15) is 35.7 Å². The van der Waals surface area contributed by atoms with Gasteiger partial charge in [0.15, 0.2) is 0 Å². The van der Waals surface area contributed by atoms with Gasteiger partial charge in [-0.25, -0.2) is 5.84 Å². The fourth-order valence-corrected chi connectivity index (χ4v) is 2.64. The minimum absolute atomic E-state index is 0.254. The van der Waals surface area contributed by atoms with E-state index < -0.39 is 0 Å². The van der Waals surface area contributed by atoms with Gasteiger partial charge in [-0.05, 0) is 43.4 Å². The van der Waals surface area contributed by atoms with Crippen LogP contribution >= 0.6 is 0 Å². The molecule has 5 heteroatoms. The molecule has 0 saturated heterocycles. The lowest BCUT2D eigenvalue weighted by Gasteiger charge is -2.29. The fraction of sp³-hybridized carbons (Fsp3) is 0.562. The number of hydrogen-bond acceptors (Lipinski definition) is 4. The summed E-state index contributed by atoms with van der Waals surface area (Å²) in [5.41, 5.74) is 3.90. The van der Waals surface area contributed by atoms with Crippen LogP contribution in [-0.4, -0.2) is 37.1 Å². The zero-order chi connectivity index (χ0) is 15.2. The van der Waals surface area contributed by atoms with Crippen molar-refractivity contribution in [2.75, 3.05) is 20.3 Å². The van der Waals surface area contributed by atoms with Crippen molar-refractivity contribution in [2.24, 2.45) is 11.8 Å². The molecule has 1 atom stereocenters. The van der Waals surface area contributed by atoms with Crippen molar-refractivity contribution in [1.82, 2.24) is 10.3 Å². The largest absolute Gasteiger partial charge is 0.383 e. The number of benzene rings is 1. The van der Waals surface area contributed by atoms with E-state index in [9.17, 15) is 4.79 Å². The maximum atomic E-state index is 11.6. The predicted octanol–water partition coefficient (Wildman–Crippen LogP) is 1.54. The third-order valence-corrected chi connectivity index (χ3v) is 4.17. The summed E-state index contributed by atoms with van der Waals surface area (Å²) in [6, 6.07) is 8.17. The van der Waals surface area contributed by atoms with Gasteiger partial charge >= 0.3 is 0 Å². The third-order valence-electron chi connectivity index (χ3n) is 4.17. The molecule has 5 nitrogen and oxygen atoms in total. The number of ether oxygens (including phenoxy) is 1. The maximum absolute atomic E-state index is 11.6. The Balaban J connectivity index is 2.06. The number of carbonyl (C=O) groups is 1. The first-order valence-corrected chi connectivity index (χ1v) is 7.48. The maximum Gasteiger partial charge on any atom is 0.265 e. The minimum atomic E-state index is -0.254. The monoisotopic (exact) mass is 291 g/mol. The second-order valence-electron chi connectivity index (χ2n) is 5.72. The van der Waals surface area contributed by atoms with Crippen LogP contribution in [0, 0.1) is 5.92 Å². The second-order valence-corrected chi connectivity index (χ2v) is 5.72. The predicted molar refractivity (Wildman–Crippen MR) is 82.6 cm³/mol. The molecule has 1 aliphatic rings. The lowest BCUT2D eigenvalue weighted by molar-refractivity contribution is 0.0952. The average molecular weight is 291 g/mol. The van der Waals surface area contributed by atoms with Gasteiger partial charge < -0.3 is 4.74 Å². The number of nitrogens with two attached hydrogens (primary N) is 1. The summed E-state index contributed by atoms with van der Waals surface area (Å²) in [4.78, 5) is 14.0. The SMILES string of the molecule is COCCN(Cc1cccc(C(=O)NN)c1)C(C)C1CC1. The molecule has 0 aliphatic heterocycles. The van der Waals surface area contributed by atoms with Gasteiger partial charge in [0.1, 0.15) is 0 Å². The highest BCUT2D eigenvalue weighted by Gasteiger charge is 2.31. The molecule has 1 aromatic carbocycles. The fourth-order valence-electron chi connectivity index (χ4n) is 2.64. The molecule has 116 valence electrons. The number of amides is 1. The third kappa shape index (κ3) is 4.52. The molecule has 3 N–H and O–H groups in total. The highest BCUT2D eigenvalue weighted by molar-refractivity contribution is 5.93. The number of hydrazine groups is 1. The Labute approximate surface area is 126 Å². The van der Waals surface area contributed by atoms with Gasteiger partial charge in [-0.3, -0.25) is 15.1 Å². The van der Waals surface area contributed by atoms with Crippen LogP contribution in [0.5, 0.6) is 0 Å². The highest BCUT2D eigenvalue weighted by Crippen LogP contribution is 2.35. The number of hydrogen-bond donors (Lipinski definition) is 2. The summed E-state index contributed by atoms with van der Waals surface area (Å²) in [5.74, 6) is 5.74. The van der Waals surface area contributed by atoms with Gasteiger partial charge in [0, 0.05) is 31.8 Å². The molecule has 1 amide bonds. The van der Waals surface area contributed by atoms with Gasteiger partial charge in [-0.2, -0.15) is 0 Å². The molecule has 0 aromatic heterocycles. The lowest BCUT2D eigenvalue weighted by atomic mass is 10.1. The molecule has 1 aliphatic carbocycles. The van der Waals surface area contributed by atoms with Gasteiger partial charge in [-0.1, -0.05) is 12.1 Å². The Hall–Kier alpha value is -1.43. The first-order valence-electron chi connectivity index (χ1n) is 7.48. The minimum Gasteiger partial charge on any atom is -0.383 e. The zero-order valence-electron chi connectivity index (χ0n) is 12.8. The number of methoxy groups -OCH3 is 1. The van der Waals surface area contributed by atoms with Crippen molar-refractivity contribution < 1.29 is 9.53 Å². The summed E-state index contributed by atoms with van der Waals surface area (Å²) in [5, 5.41) is 0. The van der Waals surface area contributed by atoms with Crippen molar-refractivity contribution in [2.45, 2.75) is 32.4 Å². The van der Waals surface area contributed by atoms with E-state index in [0.29, 0.717) is 11.6 Å². The van der Waals surface area contributed by atoms with E-state index >= 15 is 0 Å². The first kappa shape index (κ1) is 15.9. The number of nitrogen functional groups attached to an aromatic ring is 1. The average Bonchev–Trinajstić information content (AvgIpc) is 3.35. The van der Waals surface area contributed by atoms with E-state index in [0.717, 1.165) is 31.2 Å². The number of nitrogens with zero attached hydrogens (tertiary/aromatic N) is 1. The molecule has 1 aromatic rings. The zero-order valence-corrected chi connectivity index (χ0v) is 12.8. The van der Waals surface area contributed by atoms with Crippen molar-refractivity contribution in [3.63, 3.8) is 0 Å². The molecular formula is C16H25N3O2. The van der Waals surface area contributed by atoms with E-state index in [-0.39, 0.29) is 5.91 Å². The second kappa shape index (κ2) is 7.54. The number of nitrogens with one attached hydrogen (secondary N) is 1. The molecule has 0 bridgehead atoms. The number of carbonyl (C=O) groups excluding carboxylic acids is 1. The van der Waals surface area contributed by atoms with Crippen LogP contribution in [0.25, 0.3) is 0 Å². The topological polar surface area (TPSA) is 67.6 Å². The standard InChI is InChI=1S/C16H25N3O2/c1-12(14-6-7-14)19(8-9-21-2)11-13-4-3-5-15(10-13)16(20)18-17/h3-5,10,12,14H,6-9,11,17H2,1-2H3,(H,18,20). The Morgan fingerprint density at radius 1 is 1.52 bits per heavy atom. The van der Waals surface area contributed by atoms with E-state index in [1.165, 1.54) is 12.8 Å². The van der Waals surface area contributed by atoms with Crippen LogP contribution in [0.15, 0.2) is 24.3 Å². The summed E-state index contributed by atoms with van der Waals surface area (Å²) in [7, 11) is 1.73. The first-order chi connectivity index (χ1) is 10.2. The van der Waals surface area contributed by atoms with E-state index in [1.54, 1.807) is 13.2 Å². The molecule has 0 radical (unpaired) electrons. The summed E-state index contributed by atoms with van der Waals surface area (Å²) >= 11 is 0. The van der Waals surface area contributed by atoms with Gasteiger partial charge in [0.25, 0.3) is 5.91 Å². The van der Waals surface area contributed by atoms with Crippen LogP contribution < -0.4 is 11.3 Å². The van der Waals surface area contributed by atoms with Crippen LogP contribution in [-0.2, 0) is 11.3 Å². The molecular weight excluding hydrogens is 266 g/mol. The van der Waals surface area contributed by atoms with Crippen molar-refractivity contribution in [3.8, 4) is 0 Å². The molecule has 0 heterocycles. The molecule has 1 fully saturated rings.